The van der Waals surface area contributed by atoms with Gasteiger partial charge in [-0.25, -0.2) is 8.42 Å². The molecule has 0 radical (unpaired) electrons. The van der Waals surface area contributed by atoms with Gasteiger partial charge >= 0.3 is 0 Å². The molecule has 2 aromatic rings. The van der Waals surface area contributed by atoms with Crippen LogP contribution >= 0.6 is 0 Å². The molecule has 4 N–H and O–H groups in total. The number of nitrogens with two attached hydrogens (primary N) is 1. The van der Waals surface area contributed by atoms with E-state index in [4.69, 9.17) is 15.7 Å². The highest BCUT2D eigenvalue weighted by atomic mass is 32.2. The van der Waals surface area contributed by atoms with Crippen LogP contribution < -0.4 is 11.1 Å². The minimum atomic E-state index is -3.65. The molecule has 1 unspecified atom stereocenters. The van der Waals surface area contributed by atoms with Crippen molar-refractivity contribution in [3.8, 4) is 0 Å². The molecule has 0 fully saturated rings. The fraction of sp³-hybridized carbons (Fsp3) is 0.474. The Kier molecular flexibility index (Phi) is 5.48. The molecule has 0 saturated carbocycles. The standard InChI is InChI=1S/C19H25N5O4S/c1-11-22-16(24-28-11)17(25)23-14-8-7-12-5-4-6-13(15(12)9-14)10-29(26,27)19(2,3)18(20)21/h7-9,13H,4-6,10H2,1-3H3,(H3,20,21)(H,23,25). The second-order valence-corrected chi connectivity index (χ2v) is 10.4. The summed E-state index contributed by atoms with van der Waals surface area (Å²) in [6, 6.07) is 5.49. The SMILES string of the molecule is Cc1nc(C(=O)Nc2ccc3c(c2)C(CS(=O)(=O)C(C)(C)C(=N)N)CCC3)no1. The maximum Gasteiger partial charge on any atom is 0.297 e. The minimum absolute atomic E-state index is 0.0671. The Bertz CT molecular complexity index is 1060. The van der Waals surface area contributed by atoms with Crippen molar-refractivity contribution in [2.45, 2.75) is 50.7 Å². The number of nitrogens with one attached hydrogen (secondary N) is 2. The molecule has 0 bridgehead atoms. The third kappa shape index (κ3) is 4.16. The molecule has 1 amide bonds. The van der Waals surface area contributed by atoms with Crippen molar-refractivity contribution >= 4 is 27.3 Å². The van der Waals surface area contributed by atoms with E-state index in [0.717, 1.165) is 24.0 Å². The first-order valence-electron chi connectivity index (χ1n) is 9.32. The molecule has 1 heterocycles. The molecule has 1 atom stereocenters. The van der Waals surface area contributed by atoms with Gasteiger partial charge in [-0.1, -0.05) is 11.2 Å². The molecule has 29 heavy (non-hydrogen) atoms. The summed E-state index contributed by atoms with van der Waals surface area (Å²) in [5.74, 6) is -0.980. The van der Waals surface area contributed by atoms with Gasteiger partial charge in [-0.3, -0.25) is 10.2 Å². The predicted octanol–water partition coefficient (Wildman–Crippen LogP) is 2.18. The Hall–Kier alpha value is -2.75. The van der Waals surface area contributed by atoms with Crippen LogP contribution in [0.25, 0.3) is 0 Å². The lowest BCUT2D eigenvalue weighted by Crippen LogP contribution is -2.46. The number of amides is 1. The van der Waals surface area contributed by atoms with E-state index in [1.54, 1.807) is 19.1 Å². The summed E-state index contributed by atoms with van der Waals surface area (Å²) in [7, 11) is -3.65. The summed E-state index contributed by atoms with van der Waals surface area (Å²) >= 11 is 0. The Morgan fingerprint density at radius 2 is 2.14 bits per heavy atom. The van der Waals surface area contributed by atoms with Crippen molar-refractivity contribution in [2.24, 2.45) is 5.73 Å². The van der Waals surface area contributed by atoms with Crippen LogP contribution in [0.2, 0.25) is 0 Å². The molecule has 10 heteroatoms. The van der Waals surface area contributed by atoms with Crippen LogP contribution in [0.3, 0.4) is 0 Å². The molecular formula is C19H25N5O4S. The maximum atomic E-state index is 12.9. The Balaban J connectivity index is 1.86. The number of benzene rings is 1. The average Bonchev–Trinajstić information content (AvgIpc) is 3.08. The first-order valence-corrected chi connectivity index (χ1v) is 11.0. The minimum Gasteiger partial charge on any atom is -0.386 e. The van der Waals surface area contributed by atoms with Crippen LogP contribution in [-0.2, 0) is 16.3 Å². The number of aryl methyl sites for hydroxylation is 2. The highest BCUT2D eigenvalue weighted by molar-refractivity contribution is 7.93. The topological polar surface area (TPSA) is 152 Å². The van der Waals surface area contributed by atoms with Gasteiger partial charge in [-0.2, -0.15) is 4.98 Å². The van der Waals surface area contributed by atoms with Gasteiger partial charge in [-0.05, 0) is 62.3 Å². The molecule has 1 aromatic carbocycles. The fourth-order valence-electron chi connectivity index (χ4n) is 3.37. The quantitative estimate of drug-likeness (QED) is 0.479. The molecule has 1 aliphatic rings. The van der Waals surface area contributed by atoms with Gasteiger partial charge in [0.1, 0.15) is 10.6 Å². The second-order valence-electron chi connectivity index (χ2n) is 7.80. The van der Waals surface area contributed by atoms with Crippen molar-refractivity contribution in [3.05, 3.63) is 41.0 Å². The predicted molar refractivity (Wildman–Crippen MR) is 109 cm³/mol. The lowest BCUT2D eigenvalue weighted by Gasteiger charge is -2.30. The normalized spacial score (nSPS) is 16.9. The van der Waals surface area contributed by atoms with E-state index in [-0.39, 0.29) is 23.3 Å². The lowest BCUT2D eigenvalue weighted by atomic mass is 9.83. The highest BCUT2D eigenvalue weighted by Crippen LogP contribution is 2.36. The van der Waals surface area contributed by atoms with Crippen LogP contribution in [0.15, 0.2) is 22.7 Å². The van der Waals surface area contributed by atoms with E-state index in [9.17, 15) is 13.2 Å². The van der Waals surface area contributed by atoms with Gasteiger partial charge in [0, 0.05) is 12.6 Å². The summed E-state index contributed by atoms with van der Waals surface area (Å²) in [5, 5.41) is 14.0. The first-order chi connectivity index (χ1) is 13.5. The number of nitrogens with zero attached hydrogens (tertiary/aromatic N) is 2. The van der Waals surface area contributed by atoms with Crippen molar-refractivity contribution < 1.29 is 17.7 Å². The van der Waals surface area contributed by atoms with Crippen molar-refractivity contribution in [1.29, 1.82) is 5.41 Å². The summed E-state index contributed by atoms with van der Waals surface area (Å²) in [4.78, 5) is 16.2. The number of carbonyl (C=O) groups excluding carboxylic acids is 1. The van der Waals surface area contributed by atoms with E-state index >= 15 is 0 Å². The number of fused-ring (bicyclic) bond motifs is 1. The maximum absolute atomic E-state index is 12.9. The fourth-order valence-corrected chi connectivity index (χ4v) is 4.99. The van der Waals surface area contributed by atoms with E-state index in [1.165, 1.54) is 13.8 Å². The van der Waals surface area contributed by atoms with Gasteiger partial charge < -0.3 is 15.6 Å². The van der Waals surface area contributed by atoms with E-state index in [0.29, 0.717) is 18.0 Å². The van der Waals surface area contributed by atoms with Crippen LogP contribution in [0, 0.1) is 12.3 Å². The number of carbonyl (C=O) groups is 1. The largest absolute Gasteiger partial charge is 0.386 e. The Morgan fingerprint density at radius 1 is 1.41 bits per heavy atom. The molecular weight excluding hydrogens is 394 g/mol. The van der Waals surface area contributed by atoms with Gasteiger partial charge in [0.2, 0.25) is 5.89 Å². The number of anilines is 1. The Labute approximate surface area is 169 Å². The number of amidine groups is 1. The average molecular weight is 420 g/mol. The second kappa shape index (κ2) is 7.58. The summed E-state index contributed by atoms with van der Waals surface area (Å²) in [6.07, 6.45) is 2.43. The van der Waals surface area contributed by atoms with E-state index in [2.05, 4.69) is 15.5 Å². The van der Waals surface area contributed by atoms with Crippen LogP contribution in [0.5, 0.6) is 0 Å². The number of sulfone groups is 1. The zero-order valence-electron chi connectivity index (χ0n) is 16.7. The third-order valence-corrected chi connectivity index (χ3v) is 8.04. The molecule has 0 saturated heterocycles. The van der Waals surface area contributed by atoms with Crippen LogP contribution in [0.1, 0.15) is 60.2 Å². The number of hydrogen-bond acceptors (Lipinski definition) is 7. The molecule has 9 nitrogen and oxygen atoms in total. The molecule has 1 aromatic heterocycles. The molecule has 156 valence electrons. The molecule has 0 aliphatic heterocycles. The number of hydrogen-bond donors (Lipinski definition) is 3. The third-order valence-electron chi connectivity index (χ3n) is 5.42. The lowest BCUT2D eigenvalue weighted by molar-refractivity contribution is 0.101. The van der Waals surface area contributed by atoms with E-state index in [1.807, 2.05) is 6.07 Å². The van der Waals surface area contributed by atoms with Gasteiger partial charge in [0.15, 0.2) is 9.84 Å². The summed E-state index contributed by atoms with van der Waals surface area (Å²) < 4.78 is 29.2. The van der Waals surface area contributed by atoms with Crippen molar-refractivity contribution in [2.75, 3.05) is 11.1 Å². The highest BCUT2D eigenvalue weighted by Gasteiger charge is 2.40. The monoisotopic (exact) mass is 419 g/mol. The zero-order chi connectivity index (χ0) is 21.4. The van der Waals surface area contributed by atoms with Gasteiger partial charge in [0.05, 0.1) is 5.75 Å². The smallest absolute Gasteiger partial charge is 0.297 e. The van der Waals surface area contributed by atoms with Crippen LogP contribution in [-0.4, -0.2) is 40.8 Å². The zero-order valence-corrected chi connectivity index (χ0v) is 17.5. The van der Waals surface area contributed by atoms with Crippen molar-refractivity contribution in [1.82, 2.24) is 10.1 Å². The summed E-state index contributed by atoms with van der Waals surface area (Å²) in [5.41, 5.74) is 8.01. The van der Waals surface area contributed by atoms with Crippen LogP contribution in [0.4, 0.5) is 5.69 Å². The number of aromatic nitrogens is 2. The molecule has 1 aliphatic carbocycles. The molecule has 0 spiro atoms. The number of rotatable bonds is 6. The van der Waals surface area contributed by atoms with Gasteiger partial charge in [0.25, 0.3) is 11.7 Å². The molecule has 3 rings (SSSR count). The van der Waals surface area contributed by atoms with E-state index < -0.39 is 20.5 Å². The van der Waals surface area contributed by atoms with Gasteiger partial charge in [-0.15, -0.1) is 0 Å². The Morgan fingerprint density at radius 3 is 2.76 bits per heavy atom. The van der Waals surface area contributed by atoms with Crippen molar-refractivity contribution in [3.63, 3.8) is 0 Å². The first kappa shape index (κ1) is 21.0. The summed E-state index contributed by atoms with van der Waals surface area (Å²) in [6.45, 7) is 4.51.